The third kappa shape index (κ3) is 4.64. The third-order valence-electron chi connectivity index (χ3n) is 2.20. The highest BCUT2D eigenvalue weighted by Gasteiger charge is 2.14. The van der Waals surface area contributed by atoms with Crippen LogP contribution in [-0.4, -0.2) is 18.0 Å². The van der Waals surface area contributed by atoms with Crippen molar-refractivity contribution in [2.24, 2.45) is 0 Å². The molecule has 1 aromatic carbocycles. The van der Waals surface area contributed by atoms with Crippen molar-refractivity contribution < 1.29 is 4.79 Å². The van der Waals surface area contributed by atoms with Crippen molar-refractivity contribution in [3.8, 4) is 6.07 Å². The molecule has 0 aliphatic heterocycles. The van der Waals surface area contributed by atoms with Crippen molar-refractivity contribution in [3.05, 3.63) is 29.3 Å². The third-order valence-corrected chi connectivity index (χ3v) is 2.53. The normalized spacial score (nSPS) is 11.7. The van der Waals surface area contributed by atoms with Gasteiger partial charge in [0.25, 0.3) is 0 Å². The minimum Gasteiger partial charge on any atom is -0.368 e. The molecule has 0 spiro atoms. The Morgan fingerprint density at radius 3 is 2.67 bits per heavy atom. The first kappa shape index (κ1) is 14.3. The zero-order valence-electron chi connectivity index (χ0n) is 10.4. The number of nitrogens with one attached hydrogen (secondary N) is 2. The molecule has 1 atom stereocenters. The predicted molar refractivity (Wildman–Crippen MR) is 72.4 cm³/mol. The van der Waals surface area contributed by atoms with Gasteiger partial charge in [-0.3, -0.25) is 4.79 Å². The van der Waals surface area contributed by atoms with E-state index in [1.54, 1.807) is 18.2 Å². The van der Waals surface area contributed by atoms with Crippen LogP contribution in [0.25, 0.3) is 0 Å². The molecule has 0 fully saturated rings. The zero-order valence-corrected chi connectivity index (χ0v) is 11.2. The molecule has 1 aromatic rings. The van der Waals surface area contributed by atoms with E-state index in [1.165, 1.54) is 0 Å². The van der Waals surface area contributed by atoms with Crippen LogP contribution in [0.2, 0.25) is 5.02 Å². The van der Waals surface area contributed by atoms with Gasteiger partial charge in [-0.15, -0.1) is 0 Å². The molecule has 96 valence electrons. The number of para-hydroxylation sites is 1. The van der Waals surface area contributed by atoms with Crippen LogP contribution < -0.4 is 10.6 Å². The van der Waals surface area contributed by atoms with Gasteiger partial charge in [0.1, 0.15) is 6.04 Å². The maximum atomic E-state index is 11.6. The fourth-order valence-electron chi connectivity index (χ4n) is 1.46. The highest BCUT2D eigenvalue weighted by Crippen LogP contribution is 2.21. The number of rotatable bonds is 5. The molecular formula is C13H16ClN3O. The second kappa shape index (κ2) is 6.87. The van der Waals surface area contributed by atoms with Crippen LogP contribution in [0.4, 0.5) is 5.69 Å². The van der Waals surface area contributed by atoms with E-state index in [1.807, 2.05) is 19.9 Å². The van der Waals surface area contributed by atoms with Crippen molar-refractivity contribution in [2.75, 3.05) is 5.32 Å². The molecule has 5 heteroatoms. The Balaban J connectivity index is 2.61. The van der Waals surface area contributed by atoms with Gasteiger partial charge < -0.3 is 10.6 Å². The quantitative estimate of drug-likeness (QED) is 0.860. The topological polar surface area (TPSA) is 64.9 Å². The van der Waals surface area contributed by atoms with Gasteiger partial charge in [-0.25, -0.2) is 0 Å². The van der Waals surface area contributed by atoms with Crippen LogP contribution in [0.15, 0.2) is 24.3 Å². The Kier molecular flexibility index (Phi) is 5.47. The summed E-state index contributed by atoms with van der Waals surface area (Å²) in [5, 5.41) is 15.2. The average molecular weight is 266 g/mol. The Hall–Kier alpha value is -1.73. The van der Waals surface area contributed by atoms with Gasteiger partial charge in [-0.05, 0) is 26.0 Å². The lowest BCUT2D eigenvalue weighted by molar-refractivity contribution is -0.121. The van der Waals surface area contributed by atoms with Crippen molar-refractivity contribution >= 4 is 23.2 Å². The van der Waals surface area contributed by atoms with Crippen LogP contribution in [0.1, 0.15) is 20.3 Å². The Bertz CT molecular complexity index is 454. The van der Waals surface area contributed by atoms with Crippen molar-refractivity contribution in [3.63, 3.8) is 0 Å². The van der Waals surface area contributed by atoms with Crippen LogP contribution >= 0.6 is 11.6 Å². The molecule has 0 aromatic heterocycles. The van der Waals surface area contributed by atoms with Crippen molar-refractivity contribution in [1.82, 2.24) is 5.32 Å². The van der Waals surface area contributed by atoms with Gasteiger partial charge in [0.2, 0.25) is 5.91 Å². The lowest BCUT2D eigenvalue weighted by Gasteiger charge is -2.15. The predicted octanol–water partition coefficient (Wildman–Crippen LogP) is 2.56. The molecule has 0 aliphatic rings. The summed E-state index contributed by atoms with van der Waals surface area (Å²) in [5.41, 5.74) is 0.656. The molecule has 0 saturated carbocycles. The van der Waals surface area contributed by atoms with E-state index in [0.717, 1.165) is 0 Å². The summed E-state index contributed by atoms with van der Waals surface area (Å²) in [7, 11) is 0. The standard InChI is InChI=1S/C13H16ClN3O/c1-9(2)16-13(18)7-10(8-15)17-12-6-4-3-5-11(12)14/h3-6,9-10,17H,7H2,1-2H3,(H,16,18). The molecule has 1 unspecified atom stereocenters. The van der Waals surface area contributed by atoms with Crippen LogP contribution in [0.3, 0.4) is 0 Å². The highest BCUT2D eigenvalue weighted by atomic mass is 35.5. The maximum Gasteiger partial charge on any atom is 0.223 e. The number of amides is 1. The Morgan fingerprint density at radius 1 is 1.44 bits per heavy atom. The Morgan fingerprint density at radius 2 is 2.11 bits per heavy atom. The number of halogens is 1. The molecule has 0 aliphatic carbocycles. The molecule has 18 heavy (non-hydrogen) atoms. The largest absolute Gasteiger partial charge is 0.368 e. The Labute approximate surface area is 112 Å². The fourth-order valence-corrected chi connectivity index (χ4v) is 1.65. The van der Waals surface area contributed by atoms with E-state index in [9.17, 15) is 4.79 Å². The van der Waals surface area contributed by atoms with Gasteiger partial charge in [-0.2, -0.15) is 5.26 Å². The number of nitriles is 1. The molecule has 1 amide bonds. The van der Waals surface area contributed by atoms with Crippen LogP contribution in [0, 0.1) is 11.3 Å². The number of hydrogen-bond donors (Lipinski definition) is 2. The maximum absolute atomic E-state index is 11.6. The molecule has 4 nitrogen and oxygen atoms in total. The van der Waals surface area contributed by atoms with Gasteiger partial charge in [0, 0.05) is 6.04 Å². The van der Waals surface area contributed by atoms with E-state index in [-0.39, 0.29) is 18.4 Å². The first-order valence-electron chi connectivity index (χ1n) is 5.73. The van der Waals surface area contributed by atoms with Crippen LogP contribution in [-0.2, 0) is 4.79 Å². The summed E-state index contributed by atoms with van der Waals surface area (Å²) >= 11 is 5.97. The number of anilines is 1. The first-order chi connectivity index (χ1) is 8.52. The minimum absolute atomic E-state index is 0.0668. The van der Waals surface area contributed by atoms with Gasteiger partial charge >= 0.3 is 0 Å². The fraction of sp³-hybridized carbons (Fsp3) is 0.385. The number of carbonyl (C=O) groups excluding carboxylic acids is 1. The lowest BCUT2D eigenvalue weighted by Crippen LogP contribution is -2.34. The molecule has 2 N–H and O–H groups in total. The van der Waals surface area contributed by atoms with Gasteiger partial charge in [0.05, 0.1) is 23.2 Å². The number of hydrogen-bond acceptors (Lipinski definition) is 3. The monoisotopic (exact) mass is 265 g/mol. The van der Waals surface area contributed by atoms with Crippen molar-refractivity contribution in [2.45, 2.75) is 32.4 Å². The van der Waals surface area contributed by atoms with E-state index in [2.05, 4.69) is 16.7 Å². The average Bonchev–Trinajstić information content (AvgIpc) is 2.30. The number of nitrogens with zero attached hydrogens (tertiary/aromatic N) is 1. The molecule has 0 radical (unpaired) electrons. The minimum atomic E-state index is -0.594. The highest BCUT2D eigenvalue weighted by molar-refractivity contribution is 6.33. The van der Waals surface area contributed by atoms with Gasteiger partial charge in [0.15, 0.2) is 0 Å². The van der Waals surface area contributed by atoms with Gasteiger partial charge in [-0.1, -0.05) is 23.7 Å². The molecule has 0 heterocycles. The molecule has 1 rings (SSSR count). The molecular weight excluding hydrogens is 250 g/mol. The molecule has 0 bridgehead atoms. The molecule has 0 saturated heterocycles. The second-order valence-electron chi connectivity index (χ2n) is 4.23. The van der Waals surface area contributed by atoms with Crippen molar-refractivity contribution in [1.29, 1.82) is 5.26 Å². The van der Waals surface area contributed by atoms with E-state index in [0.29, 0.717) is 10.7 Å². The summed E-state index contributed by atoms with van der Waals surface area (Å²) in [4.78, 5) is 11.6. The van der Waals surface area contributed by atoms with E-state index >= 15 is 0 Å². The van der Waals surface area contributed by atoms with E-state index < -0.39 is 6.04 Å². The summed E-state index contributed by atoms with van der Waals surface area (Å²) in [6.45, 7) is 3.75. The summed E-state index contributed by atoms with van der Waals surface area (Å²) in [6, 6.07) is 8.65. The summed E-state index contributed by atoms with van der Waals surface area (Å²) < 4.78 is 0. The summed E-state index contributed by atoms with van der Waals surface area (Å²) in [6.07, 6.45) is 0.0971. The lowest BCUT2D eigenvalue weighted by atomic mass is 10.2. The smallest absolute Gasteiger partial charge is 0.223 e. The second-order valence-corrected chi connectivity index (χ2v) is 4.64. The summed E-state index contributed by atoms with van der Waals surface area (Å²) in [5.74, 6) is -0.156. The number of benzene rings is 1. The zero-order chi connectivity index (χ0) is 13.5. The van der Waals surface area contributed by atoms with E-state index in [4.69, 9.17) is 16.9 Å². The number of carbonyl (C=O) groups is 1. The van der Waals surface area contributed by atoms with Crippen LogP contribution in [0.5, 0.6) is 0 Å². The first-order valence-corrected chi connectivity index (χ1v) is 6.10. The SMILES string of the molecule is CC(C)NC(=O)CC(C#N)Nc1ccccc1Cl.